The van der Waals surface area contributed by atoms with Crippen LogP contribution in [0.15, 0.2) is 121 Å². The van der Waals surface area contributed by atoms with Gasteiger partial charge in [-0.2, -0.15) is 0 Å². The SMILES string of the molecule is CC(C)(C)OC(=O)C1C(=O)NC(=O)CC1[C@H](OCc1ccccc1)[C@@H](OCc1ccccc1)[C@@H](COCc1ccccc1)OCc1ccccc1. The van der Waals surface area contributed by atoms with Gasteiger partial charge in [0.1, 0.15) is 23.7 Å². The Hall–Kier alpha value is -4.67. The normalized spacial score (nSPS) is 18.0. The van der Waals surface area contributed by atoms with E-state index in [0.717, 1.165) is 22.3 Å². The van der Waals surface area contributed by atoms with E-state index in [-0.39, 0.29) is 32.8 Å². The molecule has 1 heterocycles. The largest absolute Gasteiger partial charge is 0.459 e. The molecule has 9 heteroatoms. The Morgan fingerprint density at radius 1 is 0.667 bits per heavy atom. The summed E-state index contributed by atoms with van der Waals surface area (Å²) < 4.78 is 32.2. The van der Waals surface area contributed by atoms with Crippen LogP contribution in [0.1, 0.15) is 49.4 Å². The van der Waals surface area contributed by atoms with Crippen molar-refractivity contribution >= 4 is 17.8 Å². The molecule has 51 heavy (non-hydrogen) atoms. The molecule has 0 bridgehead atoms. The Balaban J connectivity index is 1.55. The van der Waals surface area contributed by atoms with Crippen LogP contribution in [0.3, 0.4) is 0 Å². The minimum absolute atomic E-state index is 0.0936. The number of esters is 1. The molecule has 4 aromatic carbocycles. The van der Waals surface area contributed by atoms with Crippen molar-refractivity contribution in [2.45, 2.75) is 77.5 Å². The molecule has 1 N–H and O–H groups in total. The number of amides is 2. The average molecular weight is 694 g/mol. The molecule has 5 rings (SSSR count). The Bertz CT molecular complexity index is 1660. The van der Waals surface area contributed by atoms with Gasteiger partial charge < -0.3 is 23.7 Å². The van der Waals surface area contributed by atoms with Crippen LogP contribution in [0, 0.1) is 11.8 Å². The van der Waals surface area contributed by atoms with E-state index >= 15 is 0 Å². The van der Waals surface area contributed by atoms with E-state index in [1.54, 1.807) is 20.8 Å². The summed E-state index contributed by atoms with van der Waals surface area (Å²) in [6.45, 7) is 6.14. The molecule has 1 fully saturated rings. The van der Waals surface area contributed by atoms with Gasteiger partial charge in [-0.15, -0.1) is 0 Å². The zero-order chi connectivity index (χ0) is 36.1. The molecule has 1 aliphatic rings. The van der Waals surface area contributed by atoms with Crippen LogP contribution in [-0.2, 0) is 64.5 Å². The first-order chi connectivity index (χ1) is 24.7. The number of piperidine rings is 1. The summed E-state index contributed by atoms with van der Waals surface area (Å²) in [5.41, 5.74) is 2.81. The lowest BCUT2D eigenvalue weighted by Crippen LogP contribution is -2.58. The minimum Gasteiger partial charge on any atom is -0.459 e. The van der Waals surface area contributed by atoms with Crippen molar-refractivity contribution in [1.82, 2.24) is 5.32 Å². The maximum Gasteiger partial charge on any atom is 0.319 e. The quantitative estimate of drug-likeness (QED) is 0.0751. The summed E-state index contributed by atoms with van der Waals surface area (Å²) in [5, 5.41) is 2.35. The maximum absolute atomic E-state index is 13.8. The van der Waals surface area contributed by atoms with Gasteiger partial charge in [0.2, 0.25) is 11.8 Å². The Morgan fingerprint density at radius 3 is 1.61 bits per heavy atom. The fourth-order valence-electron chi connectivity index (χ4n) is 6.04. The maximum atomic E-state index is 13.8. The molecule has 0 aromatic heterocycles. The van der Waals surface area contributed by atoms with E-state index in [2.05, 4.69) is 5.32 Å². The van der Waals surface area contributed by atoms with E-state index < -0.39 is 53.5 Å². The third kappa shape index (κ3) is 11.7. The Morgan fingerprint density at radius 2 is 1.12 bits per heavy atom. The second-order valence-corrected chi connectivity index (χ2v) is 13.6. The van der Waals surface area contributed by atoms with Gasteiger partial charge in [0.25, 0.3) is 0 Å². The highest BCUT2D eigenvalue weighted by Crippen LogP contribution is 2.34. The molecule has 4 aromatic rings. The fraction of sp³-hybridized carbons (Fsp3) is 0.357. The molecule has 0 radical (unpaired) electrons. The summed E-state index contributed by atoms with van der Waals surface area (Å²) in [4.78, 5) is 40.4. The standard InChI is InChI=1S/C42H47NO8/c1-42(2,3)51-41(46)37-34(24-36(44)43-40(37)45)38(49-27-32-20-12-6-13-21-32)39(50-28-33-22-14-7-15-23-33)35(48-26-31-18-10-5-11-19-31)29-47-25-30-16-8-4-9-17-30/h4-23,34-35,37-39H,24-29H2,1-3H3,(H,43,44,45)/t34?,35-,37?,38+,39+/m1/s1. The highest BCUT2D eigenvalue weighted by Gasteiger charge is 2.50. The van der Waals surface area contributed by atoms with Crippen molar-refractivity contribution in [3.8, 4) is 0 Å². The van der Waals surface area contributed by atoms with Crippen molar-refractivity contribution in [3.63, 3.8) is 0 Å². The highest BCUT2D eigenvalue weighted by molar-refractivity contribution is 6.08. The number of imide groups is 1. The van der Waals surface area contributed by atoms with Gasteiger partial charge in [0.15, 0.2) is 0 Å². The van der Waals surface area contributed by atoms with E-state index in [0.29, 0.717) is 6.61 Å². The first kappa shape index (κ1) is 37.6. The summed E-state index contributed by atoms with van der Waals surface area (Å²) >= 11 is 0. The lowest BCUT2D eigenvalue weighted by Gasteiger charge is -2.41. The van der Waals surface area contributed by atoms with Crippen LogP contribution in [-0.4, -0.2) is 48.3 Å². The Kier molecular flexibility index (Phi) is 13.7. The van der Waals surface area contributed by atoms with Gasteiger partial charge in [-0.25, -0.2) is 0 Å². The van der Waals surface area contributed by atoms with Gasteiger partial charge in [-0.05, 0) is 43.0 Å². The van der Waals surface area contributed by atoms with Crippen LogP contribution in [0.2, 0.25) is 0 Å². The smallest absolute Gasteiger partial charge is 0.319 e. The summed E-state index contributed by atoms with van der Waals surface area (Å²) in [6.07, 6.45) is -2.81. The van der Waals surface area contributed by atoms with Crippen molar-refractivity contribution in [2.24, 2.45) is 11.8 Å². The number of benzene rings is 4. The van der Waals surface area contributed by atoms with Gasteiger partial charge in [0.05, 0.1) is 39.1 Å². The number of carbonyl (C=O) groups is 3. The molecular formula is C42H47NO8. The van der Waals surface area contributed by atoms with E-state index in [9.17, 15) is 14.4 Å². The molecule has 0 saturated carbocycles. The molecule has 268 valence electrons. The highest BCUT2D eigenvalue weighted by atomic mass is 16.6. The zero-order valence-electron chi connectivity index (χ0n) is 29.4. The molecule has 1 saturated heterocycles. The number of ether oxygens (including phenoxy) is 5. The number of nitrogens with one attached hydrogen (secondary N) is 1. The van der Waals surface area contributed by atoms with Gasteiger partial charge in [-0.1, -0.05) is 121 Å². The average Bonchev–Trinajstić information content (AvgIpc) is 3.12. The van der Waals surface area contributed by atoms with Crippen molar-refractivity contribution < 1.29 is 38.1 Å². The van der Waals surface area contributed by atoms with Crippen molar-refractivity contribution in [1.29, 1.82) is 0 Å². The lowest BCUT2D eigenvalue weighted by atomic mass is 9.78. The van der Waals surface area contributed by atoms with E-state index in [4.69, 9.17) is 23.7 Å². The van der Waals surface area contributed by atoms with Crippen molar-refractivity contribution in [3.05, 3.63) is 144 Å². The number of carbonyl (C=O) groups excluding carboxylic acids is 3. The second kappa shape index (κ2) is 18.5. The lowest BCUT2D eigenvalue weighted by molar-refractivity contribution is -0.196. The summed E-state index contributed by atoms with van der Waals surface area (Å²) in [5.74, 6) is -4.27. The molecule has 1 aliphatic heterocycles. The van der Waals surface area contributed by atoms with Crippen LogP contribution in [0.25, 0.3) is 0 Å². The first-order valence-corrected chi connectivity index (χ1v) is 17.3. The number of hydrogen-bond acceptors (Lipinski definition) is 8. The molecule has 0 spiro atoms. The van der Waals surface area contributed by atoms with Gasteiger partial charge in [0, 0.05) is 12.3 Å². The molecular weight excluding hydrogens is 646 g/mol. The molecule has 0 aliphatic carbocycles. The van der Waals surface area contributed by atoms with Crippen molar-refractivity contribution in [2.75, 3.05) is 6.61 Å². The topological polar surface area (TPSA) is 109 Å². The van der Waals surface area contributed by atoms with Crippen LogP contribution >= 0.6 is 0 Å². The fourth-order valence-corrected chi connectivity index (χ4v) is 6.04. The first-order valence-electron chi connectivity index (χ1n) is 17.3. The predicted octanol–water partition coefficient (Wildman–Crippen LogP) is 6.58. The molecule has 9 nitrogen and oxygen atoms in total. The molecule has 2 unspecified atom stereocenters. The minimum atomic E-state index is -1.34. The van der Waals surface area contributed by atoms with Crippen LogP contribution in [0.5, 0.6) is 0 Å². The van der Waals surface area contributed by atoms with Gasteiger partial charge in [-0.3, -0.25) is 19.7 Å². The Labute approximate surface area is 300 Å². The van der Waals surface area contributed by atoms with E-state index in [1.165, 1.54) is 0 Å². The molecule has 2 amide bonds. The van der Waals surface area contributed by atoms with Crippen LogP contribution < -0.4 is 5.32 Å². The second-order valence-electron chi connectivity index (χ2n) is 13.6. The monoisotopic (exact) mass is 693 g/mol. The molecule has 5 atom stereocenters. The van der Waals surface area contributed by atoms with E-state index in [1.807, 2.05) is 121 Å². The summed E-state index contributed by atoms with van der Waals surface area (Å²) in [7, 11) is 0. The summed E-state index contributed by atoms with van der Waals surface area (Å²) in [6, 6.07) is 38.8. The number of rotatable bonds is 17. The third-order valence-electron chi connectivity index (χ3n) is 8.44. The number of hydrogen-bond donors (Lipinski definition) is 1. The van der Waals surface area contributed by atoms with Crippen LogP contribution in [0.4, 0.5) is 0 Å². The van der Waals surface area contributed by atoms with Gasteiger partial charge >= 0.3 is 5.97 Å². The zero-order valence-corrected chi connectivity index (χ0v) is 29.4. The third-order valence-corrected chi connectivity index (χ3v) is 8.44. The predicted molar refractivity (Wildman–Crippen MR) is 192 cm³/mol.